The topological polar surface area (TPSA) is 281 Å². The average Bonchev–Trinajstić information content (AvgIpc) is 3.21. The molecule has 0 amide bonds. The van der Waals surface area contributed by atoms with E-state index in [1.165, 1.54) is 0 Å². The van der Waals surface area contributed by atoms with Crippen LogP contribution in [-0.2, 0) is 0 Å². The average molecular weight is 882 g/mol. The monoisotopic (exact) mass is 881 g/mol. The number of hydrogen-bond donors (Lipinski definition) is 3. The van der Waals surface area contributed by atoms with Crippen LogP contribution in [-0.4, -0.2) is 99.5 Å². The molecule has 330 valence electrons. The molecular weight excluding hydrogens is 834 g/mol. The Morgan fingerprint density at radius 3 is 1.49 bits per heavy atom. The fourth-order valence-corrected chi connectivity index (χ4v) is 5.84. The summed E-state index contributed by atoms with van der Waals surface area (Å²) >= 11 is 5.52. The van der Waals surface area contributed by atoms with Gasteiger partial charge in [0, 0.05) is 53.8 Å². The standard InChI is InChI=1S/C12H17N5O2.C12H17N5O.C8H6ClN3O.C8H8N4O/c1-9-4-5-10-11(8-9)17(19)14-12(16(10)18)13-6-7-15(2)3;1-9-4-5-10-11(8-9)17(18)15-12(14-10)13-6-7-16(2)3;2*1-5-2-3-6-7(4-5)12(13)11-8(9)10-6/h4-5,8H,6-7H2,1-3H3,(H,13,14);4-5,8H,6-7H2,1-3H3,(H,13,14,15);2-4H,1H3;2-4H,1H3,(H2,9,10,11). The molecule has 0 atom stereocenters. The lowest BCUT2D eigenvalue weighted by Crippen LogP contribution is -2.44. The van der Waals surface area contributed by atoms with Crippen molar-refractivity contribution in [2.45, 2.75) is 27.7 Å². The van der Waals surface area contributed by atoms with Crippen molar-refractivity contribution in [3.63, 3.8) is 0 Å². The number of nitrogen functional groups attached to an aromatic ring is 1. The van der Waals surface area contributed by atoms with Crippen molar-refractivity contribution in [2.24, 2.45) is 0 Å². The molecular formula is C40H48ClN17O5. The SMILES string of the molecule is Cc1ccc2c(c1)[n+]([O-])nc(NCCN(C)C)[n+]2[O-].Cc1ccc2nc(Cl)n[n+]([O-])c2c1.Cc1ccc2nc(N)n[n+]([O-])c2c1.Cc1ccc2nc(NCCN(C)C)n[n+]([O-])c2c1. The minimum Gasteiger partial charge on any atom is -0.739 e. The molecule has 0 saturated heterocycles. The van der Waals surface area contributed by atoms with Crippen molar-refractivity contribution < 1.29 is 24.1 Å². The lowest BCUT2D eigenvalue weighted by atomic mass is 10.2. The molecule has 0 saturated carbocycles. The molecule has 0 aliphatic carbocycles. The number of nitrogens with two attached hydrogens (primary N) is 1. The van der Waals surface area contributed by atoms with E-state index in [1.807, 2.05) is 90.0 Å². The summed E-state index contributed by atoms with van der Waals surface area (Å²) in [6.45, 7) is 10.4. The number of rotatable bonds is 8. The number of nitrogens with zero attached hydrogens (tertiary/aromatic N) is 14. The first kappa shape index (κ1) is 46.6. The maximum absolute atomic E-state index is 12.1. The zero-order valence-corrected chi connectivity index (χ0v) is 36.8. The van der Waals surface area contributed by atoms with Gasteiger partial charge in [0.05, 0.1) is 16.7 Å². The van der Waals surface area contributed by atoms with E-state index in [9.17, 15) is 26.0 Å². The van der Waals surface area contributed by atoms with Gasteiger partial charge in [-0.05, 0) is 129 Å². The molecule has 23 heteroatoms. The van der Waals surface area contributed by atoms with Crippen LogP contribution in [0.1, 0.15) is 22.3 Å². The summed E-state index contributed by atoms with van der Waals surface area (Å²) in [5.41, 5.74) is 12.9. The largest absolute Gasteiger partial charge is 0.739 e. The highest BCUT2D eigenvalue weighted by Gasteiger charge is 2.20. The van der Waals surface area contributed by atoms with Crippen LogP contribution in [0.4, 0.5) is 17.8 Å². The summed E-state index contributed by atoms with van der Waals surface area (Å²) in [6.07, 6.45) is 0. The Kier molecular flexibility index (Phi) is 15.5. The van der Waals surface area contributed by atoms with Crippen molar-refractivity contribution in [3.05, 3.63) is 126 Å². The molecule has 22 nitrogen and oxygen atoms in total. The van der Waals surface area contributed by atoms with Crippen LogP contribution in [0.5, 0.6) is 0 Å². The smallest absolute Gasteiger partial charge is 0.461 e. The van der Waals surface area contributed by atoms with Gasteiger partial charge in [0.1, 0.15) is 16.6 Å². The van der Waals surface area contributed by atoms with Crippen molar-refractivity contribution in [1.29, 1.82) is 0 Å². The number of aromatic nitrogens is 12. The van der Waals surface area contributed by atoms with Gasteiger partial charge in [-0.15, -0.1) is 0 Å². The van der Waals surface area contributed by atoms with Gasteiger partial charge in [0.15, 0.2) is 5.52 Å². The fraction of sp³-hybridized carbons (Fsp3) is 0.300. The summed E-state index contributed by atoms with van der Waals surface area (Å²) in [6, 6.07) is 21.3. The summed E-state index contributed by atoms with van der Waals surface area (Å²) < 4.78 is 0.652. The van der Waals surface area contributed by atoms with E-state index in [-0.39, 0.29) is 22.7 Å². The van der Waals surface area contributed by atoms with E-state index < -0.39 is 0 Å². The molecule has 8 aromatic rings. The highest BCUT2D eigenvalue weighted by molar-refractivity contribution is 6.28. The van der Waals surface area contributed by atoms with E-state index in [2.05, 4.69) is 46.0 Å². The Morgan fingerprint density at radius 2 is 0.952 bits per heavy atom. The summed E-state index contributed by atoms with van der Waals surface area (Å²) in [5, 5.41) is 78.5. The molecule has 0 spiro atoms. The van der Waals surface area contributed by atoms with E-state index in [0.717, 1.165) is 35.3 Å². The first-order valence-corrected chi connectivity index (χ1v) is 19.7. The molecule has 0 bridgehead atoms. The van der Waals surface area contributed by atoms with Crippen LogP contribution in [0, 0.1) is 53.7 Å². The normalized spacial score (nSPS) is 10.9. The van der Waals surface area contributed by atoms with Gasteiger partial charge in [-0.25, -0.2) is 19.7 Å². The third-order valence-electron chi connectivity index (χ3n) is 8.86. The lowest BCUT2D eigenvalue weighted by Gasteiger charge is -2.11. The molecule has 0 fully saturated rings. The van der Waals surface area contributed by atoms with Crippen LogP contribution in [0.2, 0.25) is 5.28 Å². The van der Waals surface area contributed by atoms with Crippen molar-refractivity contribution in [1.82, 2.24) is 45.1 Å². The van der Waals surface area contributed by atoms with Gasteiger partial charge in [-0.3, -0.25) is 5.32 Å². The number of likely N-dealkylation sites (N-methyl/N-ethyl adjacent to an activating group) is 2. The molecule has 0 radical (unpaired) electrons. The van der Waals surface area contributed by atoms with Gasteiger partial charge >= 0.3 is 5.95 Å². The minimum atomic E-state index is -0.0358. The van der Waals surface area contributed by atoms with E-state index in [1.54, 1.807) is 48.5 Å². The summed E-state index contributed by atoms with van der Waals surface area (Å²) in [5.74, 6) is 0.378. The maximum atomic E-state index is 12.1. The van der Waals surface area contributed by atoms with Crippen LogP contribution < -0.4 is 40.5 Å². The number of benzene rings is 4. The Hall–Kier alpha value is -7.43. The van der Waals surface area contributed by atoms with E-state index in [0.29, 0.717) is 81.8 Å². The number of fused-ring (bicyclic) bond motifs is 4. The second kappa shape index (κ2) is 20.9. The third kappa shape index (κ3) is 12.8. The second-order valence-electron chi connectivity index (χ2n) is 14.8. The van der Waals surface area contributed by atoms with E-state index >= 15 is 0 Å². The van der Waals surface area contributed by atoms with Crippen LogP contribution in [0.25, 0.3) is 44.1 Å². The Labute approximate surface area is 366 Å². The van der Waals surface area contributed by atoms with Gasteiger partial charge in [0.2, 0.25) is 5.10 Å². The summed E-state index contributed by atoms with van der Waals surface area (Å²) in [4.78, 5) is 18.2. The van der Waals surface area contributed by atoms with Gasteiger partial charge in [0.25, 0.3) is 39.2 Å². The number of halogens is 1. The second-order valence-corrected chi connectivity index (χ2v) is 15.2. The Bertz CT molecular complexity index is 2780. The highest BCUT2D eigenvalue weighted by Crippen LogP contribution is 2.13. The molecule has 4 aromatic heterocycles. The Balaban J connectivity index is 0.000000160. The number of nitrogens with one attached hydrogen (secondary N) is 2. The molecule has 63 heavy (non-hydrogen) atoms. The zero-order chi connectivity index (χ0) is 46.0. The number of aryl methyl sites for hydroxylation is 4. The lowest BCUT2D eigenvalue weighted by molar-refractivity contribution is -0.672. The Morgan fingerprint density at radius 1 is 0.524 bits per heavy atom. The van der Waals surface area contributed by atoms with Crippen LogP contribution >= 0.6 is 11.6 Å². The van der Waals surface area contributed by atoms with Gasteiger partial charge in [-0.1, -0.05) is 24.3 Å². The molecule has 4 aromatic carbocycles. The van der Waals surface area contributed by atoms with Gasteiger partial charge in [-0.2, -0.15) is 0 Å². The minimum absolute atomic E-state index is 0.00801. The van der Waals surface area contributed by atoms with Crippen LogP contribution in [0.3, 0.4) is 0 Å². The van der Waals surface area contributed by atoms with Crippen molar-refractivity contribution in [3.8, 4) is 0 Å². The van der Waals surface area contributed by atoms with E-state index in [4.69, 9.17) is 17.3 Å². The predicted octanol–water partition coefficient (Wildman–Crippen LogP) is 1.71. The first-order chi connectivity index (χ1) is 29.9. The fourth-order valence-electron chi connectivity index (χ4n) is 5.68. The number of anilines is 3. The van der Waals surface area contributed by atoms with Gasteiger partial charge < -0.3 is 46.9 Å². The molecule has 4 N–H and O–H groups in total. The van der Waals surface area contributed by atoms with Crippen LogP contribution in [0.15, 0.2) is 72.8 Å². The van der Waals surface area contributed by atoms with Crippen molar-refractivity contribution in [2.75, 3.05) is 70.7 Å². The third-order valence-corrected chi connectivity index (χ3v) is 9.02. The molecule has 0 aliphatic heterocycles. The molecule has 4 heterocycles. The van der Waals surface area contributed by atoms with Crippen molar-refractivity contribution >= 4 is 73.6 Å². The quantitative estimate of drug-likeness (QED) is 0.145. The summed E-state index contributed by atoms with van der Waals surface area (Å²) in [7, 11) is 7.83. The zero-order valence-electron chi connectivity index (χ0n) is 36.0. The maximum Gasteiger partial charge on any atom is 0.461 e. The first-order valence-electron chi connectivity index (χ1n) is 19.3. The predicted molar refractivity (Wildman–Crippen MR) is 238 cm³/mol. The molecule has 8 rings (SSSR count). The number of hydrogen-bond acceptors (Lipinski definition) is 17. The molecule has 0 unspecified atom stereocenters. The highest BCUT2D eigenvalue weighted by atomic mass is 35.5. The molecule has 0 aliphatic rings.